The van der Waals surface area contributed by atoms with Gasteiger partial charge in [0.15, 0.2) is 0 Å². The number of carbonyl (C=O) groups is 1. The van der Waals surface area contributed by atoms with Crippen LogP contribution >= 0.6 is 11.8 Å². The first-order valence-electron chi connectivity index (χ1n) is 5.17. The number of ether oxygens (including phenoxy) is 1. The first-order chi connectivity index (χ1) is 6.68. The Hall–Kier alpha value is -0.220. The zero-order valence-electron chi connectivity index (χ0n) is 8.91. The van der Waals surface area contributed by atoms with E-state index in [1.807, 2.05) is 25.6 Å². The van der Waals surface area contributed by atoms with Gasteiger partial charge in [0.2, 0.25) is 5.91 Å². The van der Waals surface area contributed by atoms with Gasteiger partial charge < -0.3 is 10.1 Å². The molecule has 0 radical (unpaired) electrons. The van der Waals surface area contributed by atoms with Crippen LogP contribution < -0.4 is 5.32 Å². The average molecular weight is 217 g/mol. The Kier molecular flexibility index (Phi) is 5.33. The fourth-order valence-corrected chi connectivity index (χ4v) is 2.44. The van der Waals surface area contributed by atoms with Crippen molar-refractivity contribution in [3.8, 4) is 0 Å². The molecule has 1 unspecified atom stereocenters. The third kappa shape index (κ3) is 4.86. The third-order valence-electron chi connectivity index (χ3n) is 2.07. The van der Waals surface area contributed by atoms with Crippen molar-refractivity contribution in [2.24, 2.45) is 0 Å². The minimum atomic E-state index is 0.0196. The van der Waals surface area contributed by atoms with Gasteiger partial charge in [-0.25, -0.2) is 0 Å². The number of amides is 1. The highest BCUT2D eigenvalue weighted by Gasteiger charge is 2.15. The number of hydrogen-bond donors (Lipinski definition) is 1. The highest BCUT2D eigenvalue weighted by molar-refractivity contribution is 7.99. The molecule has 0 aromatic rings. The Morgan fingerprint density at radius 2 is 2.43 bits per heavy atom. The van der Waals surface area contributed by atoms with E-state index in [2.05, 4.69) is 5.32 Å². The van der Waals surface area contributed by atoms with Gasteiger partial charge >= 0.3 is 0 Å². The number of hydrogen-bond acceptors (Lipinski definition) is 3. The molecule has 1 N–H and O–H groups in total. The molecule has 1 aliphatic rings. The van der Waals surface area contributed by atoms with Crippen LogP contribution in [0.1, 0.15) is 26.7 Å². The van der Waals surface area contributed by atoms with Crippen molar-refractivity contribution < 1.29 is 9.53 Å². The van der Waals surface area contributed by atoms with E-state index in [1.165, 1.54) is 12.2 Å². The molecular formula is C10H19NO2S. The predicted octanol–water partition coefficient (Wildman–Crippen LogP) is 1.42. The van der Waals surface area contributed by atoms with Crippen LogP contribution in [0.5, 0.6) is 0 Å². The first-order valence-corrected chi connectivity index (χ1v) is 6.32. The SMILES string of the molecule is CC(C)OCC(=O)NC1CCCSC1. The van der Waals surface area contributed by atoms with Gasteiger partial charge in [0.1, 0.15) is 6.61 Å². The quantitative estimate of drug-likeness (QED) is 0.774. The minimum Gasteiger partial charge on any atom is -0.369 e. The second kappa shape index (κ2) is 6.30. The topological polar surface area (TPSA) is 38.3 Å². The normalized spacial score (nSPS) is 22.4. The summed E-state index contributed by atoms with van der Waals surface area (Å²) >= 11 is 1.91. The molecule has 0 aromatic carbocycles. The highest BCUT2D eigenvalue weighted by Crippen LogP contribution is 2.16. The molecule has 14 heavy (non-hydrogen) atoms. The summed E-state index contributed by atoms with van der Waals surface area (Å²) in [5.41, 5.74) is 0. The summed E-state index contributed by atoms with van der Waals surface area (Å²) in [5.74, 6) is 2.30. The maximum atomic E-state index is 11.4. The lowest BCUT2D eigenvalue weighted by molar-refractivity contribution is -0.127. The Balaban J connectivity index is 2.12. The van der Waals surface area contributed by atoms with E-state index in [-0.39, 0.29) is 18.6 Å². The van der Waals surface area contributed by atoms with Gasteiger partial charge in [0, 0.05) is 11.8 Å². The highest BCUT2D eigenvalue weighted by atomic mass is 32.2. The van der Waals surface area contributed by atoms with Gasteiger partial charge in [0.25, 0.3) is 0 Å². The maximum Gasteiger partial charge on any atom is 0.246 e. The zero-order valence-corrected chi connectivity index (χ0v) is 9.73. The largest absolute Gasteiger partial charge is 0.369 e. The van der Waals surface area contributed by atoms with Crippen LogP contribution in [0.2, 0.25) is 0 Å². The van der Waals surface area contributed by atoms with Crippen molar-refractivity contribution in [1.29, 1.82) is 0 Å². The average Bonchev–Trinajstić information content (AvgIpc) is 2.16. The Morgan fingerprint density at radius 3 is 3.00 bits per heavy atom. The lowest BCUT2D eigenvalue weighted by Gasteiger charge is -2.22. The van der Waals surface area contributed by atoms with Gasteiger partial charge in [-0.1, -0.05) is 0 Å². The molecule has 82 valence electrons. The fourth-order valence-electron chi connectivity index (χ4n) is 1.37. The van der Waals surface area contributed by atoms with Crippen LogP contribution in [-0.2, 0) is 9.53 Å². The van der Waals surface area contributed by atoms with E-state index in [9.17, 15) is 4.79 Å². The van der Waals surface area contributed by atoms with E-state index >= 15 is 0 Å². The minimum absolute atomic E-state index is 0.0196. The number of nitrogens with one attached hydrogen (secondary N) is 1. The number of rotatable bonds is 4. The molecule has 1 fully saturated rings. The zero-order chi connectivity index (χ0) is 10.4. The van der Waals surface area contributed by atoms with Crippen LogP contribution in [0.15, 0.2) is 0 Å². The van der Waals surface area contributed by atoms with Crippen LogP contribution in [0.25, 0.3) is 0 Å². The molecule has 0 aromatic heterocycles. The fraction of sp³-hybridized carbons (Fsp3) is 0.900. The second-order valence-electron chi connectivity index (χ2n) is 3.84. The van der Waals surface area contributed by atoms with E-state index in [4.69, 9.17) is 4.74 Å². The lowest BCUT2D eigenvalue weighted by Crippen LogP contribution is -2.40. The van der Waals surface area contributed by atoms with Crippen LogP contribution in [0, 0.1) is 0 Å². The molecule has 1 atom stereocenters. The summed E-state index contributed by atoms with van der Waals surface area (Å²) in [7, 11) is 0. The van der Waals surface area contributed by atoms with Crippen molar-refractivity contribution in [2.45, 2.75) is 38.8 Å². The van der Waals surface area contributed by atoms with Crippen molar-refractivity contribution >= 4 is 17.7 Å². The molecular weight excluding hydrogens is 198 g/mol. The van der Waals surface area contributed by atoms with E-state index in [0.717, 1.165) is 12.2 Å². The number of carbonyl (C=O) groups excluding carboxylic acids is 1. The standard InChI is InChI=1S/C10H19NO2S/c1-8(2)13-6-10(12)11-9-4-3-5-14-7-9/h8-9H,3-7H2,1-2H3,(H,11,12). The van der Waals surface area contributed by atoms with Crippen molar-refractivity contribution in [3.05, 3.63) is 0 Å². The first kappa shape index (κ1) is 11.9. The van der Waals surface area contributed by atoms with Gasteiger partial charge in [-0.05, 0) is 32.4 Å². The molecule has 3 nitrogen and oxygen atoms in total. The Bertz CT molecular complexity index is 179. The van der Waals surface area contributed by atoms with Crippen LogP contribution in [0.4, 0.5) is 0 Å². The van der Waals surface area contributed by atoms with Crippen molar-refractivity contribution in [3.63, 3.8) is 0 Å². The molecule has 1 heterocycles. The molecule has 0 saturated carbocycles. The molecule has 4 heteroatoms. The van der Waals surface area contributed by atoms with Gasteiger partial charge in [0.05, 0.1) is 6.10 Å². The van der Waals surface area contributed by atoms with Crippen molar-refractivity contribution in [2.75, 3.05) is 18.1 Å². The maximum absolute atomic E-state index is 11.4. The molecule has 1 amide bonds. The van der Waals surface area contributed by atoms with Crippen LogP contribution in [-0.4, -0.2) is 36.2 Å². The molecule has 0 bridgehead atoms. The molecule has 0 spiro atoms. The monoisotopic (exact) mass is 217 g/mol. The van der Waals surface area contributed by atoms with E-state index in [1.54, 1.807) is 0 Å². The number of thioether (sulfide) groups is 1. The summed E-state index contributed by atoms with van der Waals surface area (Å²) in [4.78, 5) is 11.4. The Morgan fingerprint density at radius 1 is 1.64 bits per heavy atom. The van der Waals surface area contributed by atoms with E-state index in [0.29, 0.717) is 6.04 Å². The van der Waals surface area contributed by atoms with Gasteiger partial charge in [-0.2, -0.15) is 11.8 Å². The van der Waals surface area contributed by atoms with Gasteiger partial charge in [-0.15, -0.1) is 0 Å². The summed E-state index contributed by atoms with van der Waals surface area (Å²) in [6.07, 6.45) is 2.45. The molecule has 0 aliphatic carbocycles. The molecule has 1 aliphatic heterocycles. The smallest absolute Gasteiger partial charge is 0.246 e. The van der Waals surface area contributed by atoms with E-state index < -0.39 is 0 Å². The van der Waals surface area contributed by atoms with Crippen molar-refractivity contribution in [1.82, 2.24) is 5.32 Å². The second-order valence-corrected chi connectivity index (χ2v) is 4.99. The summed E-state index contributed by atoms with van der Waals surface area (Å²) < 4.78 is 5.23. The summed E-state index contributed by atoms with van der Waals surface area (Å²) in [6, 6.07) is 0.358. The third-order valence-corrected chi connectivity index (χ3v) is 3.29. The summed E-state index contributed by atoms with van der Waals surface area (Å²) in [6.45, 7) is 4.06. The Labute approximate surface area is 90.0 Å². The predicted molar refractivity (Wildman–Crippen MR) is 59.6 cm³/mol. The van der Waals surface area contributed by atoms with Crippen LogP contribution in [0.3, 0.4) is 0 Å². The lowest BCUT2D eigenvalue weighted by atomic mass is 10.2. The summed E-state index contributed by atoms with van der Waals surface area (Å²) in [5, 5.41) is 2.99. The van der Waals surface area contributed by atoms with Gasteiger partial charge in [-0.3, -0.25) is 4.79 Å². The molecule has 1 rings (SSSR count). The molecule has 1 saturated heterocycles.